The van der Waals surface area contributed by atoms with Crippen LogP contribution in [0.5, 0.6) is 17.5 Å². The zero-order valence-corrected chi connectivity index (χ0v) is 12.9. The van der Waals surface area contributed by atoms with E-state index in [2.05, 4.69) is 15.9 Å². The van der Waals surface area contributed by atoms with Gasteiger partial charge in [0.2, 0.25) is 5.88 Å². The topological polar surface area (TPSA) is 97.8 Å². The molecule has 0 unspecified atom stereocenters. The summed E-state index contributed by atoms with van der Waals surface area (Å²) in [5.41, 5.74) is 1.11. The standard InChI is InChI=1S/C13H13BrN2O5/c1-7-3-10(11(21-2)5-9(7)16(19)20)15-12(17)4-8(6-14)13(15)18/h3-5,17-18H,6H2,1-2H3. The maximum Gasteiger partial charge on any atom is 0.276 e. The van der Waals surface area contributed by atoms with Gasteiger partial charge >= 0.3 is 0 Å². The SMILES string of the molecule is COc1cc([N+](=O)[O-])c(C)cc1-n1c(O)cc(CBr)c1O. The second-order valence-electron chi connectivity index (χ2n) is 4.39. The Bertz CT molecular complexity index is 711. The van der Waals surface area contributed by atoms with E-state index >= 15 is 0 Å². The van der Waals surface area contributed by atoms with Gasteiger partial charge in [0.05, 0.1) is 23.8 Å². The molecule has 0 aliphatic rings. The van der Waals surface area contributed by atoms with Gasteiger partial charge < -0.3 is 14.9 Å². The minimum absolute atomic E-state index is 0.0950. The molecular weight excluding hydrogens is 344 g/mol. The van der Waals surface area contributed by atoms with E-state index in [1.54, 1.807) is 6.92 Å². The minimum Gasteiger partial charge on any atom is -0.494 e. The van der Waals surface area contributed by atoms with Crippen LogP contribution in [0, 0.1) is 17.0 Å². The van der Waals surface area contributed by atoms with Gasteiger partial charge in [0.25, 0.3) is 5.69 Å². The summed E-state index contributed by atoms with van der Waals surface area (Å²) in [6.45, 7) is 1.57. The first kappa shape index (κ1) is 15.2. The molecule has 2 N–H and O–H groups in total. The maximum absolute atomic E-state index is 11.0. The largest absolute Gasteiger partial charge is 0.494 e. The van der Waals surface area contributed by atoms with Crippen LogP contribution in [-0.2, 0) is 5.33 Å². The Balaban J connectivity index is 2.72. The summed E-state index contributed by atoms with van der Waals surface area (Å²) >= 11 is 3.20. The van der Waals surface area contributed by atoms with Crippen molar-refractivity contribution in [2.75, 3.05) is 7.11 Å². The Morgan fingerprint density at radius 1 is 1.38 bits per heavy atom. The summed E-state index contributed by atoms with van der Waals surface area (Å²) in [6, 6.07) is 4.14. The van der Waals surface area contributed by atoms with E-state index in [1.165, 1.54) is 29.9 Å². The molecule has 2 aromatic rings. The summed E-state index contributed by atoms with van der Waals surface area (Å²) < 4.78 is 6.31. The molecule has 1 aromatic carbocycles. The molecule has 1 aromatic heterocycles. The molecule has 1 heterocycles. The van der Waals surface area contributed by atoms with Crippen molar-refractivity contribution in [3.63, 3.8) is 0 Å². The molecule has 2 rings (SSSR count). The molecule has 0 saturated carbocycles. The lowest BCUT2D eigenvalue weighted by atomic mass is 10.1. The van der Waals surface area contributed by atoms with E-state index in [9.17, 15) is 20.3 Å². The fourth-order valence-electron chi connectivity index (χ4n) is 2.07. The number of rotatable bonds is 4. The first-order valence-corrected chi connectivity index (χ1v) is 7.04. The van der Waals surface area contributed by atoms with Crippen LogP contribution in [0.3, 0.4) is 0 Å². The number of hydrogen-bond donors (Lipinski definition) is 2. The number of alkyl halides is 1. The van der Waals surface area contributed by atoms with E-state index < -0.39 is 4.92 Å². The Kier molecular flexibility index (Phi) is 4.08. The molecule has 0 aliphatic heterocycles. The third kappa shape index (κ3) is 2.54. The minimum atomic E-state index is -0.513. The fourth-order valence-corrected chi connectivity index (χ4v) is 2.48. The monoisotopic (exact) mass is 356 g/mol. The van der Waals surface area contributed by atoms with Crippen molar-refractivity contribution in [2.24, 2.45) is 0 Å². The number of hydrogen-bond acceptors (Lipinski definition) is 5. The molecule has 112 valence electrons. The molecule has 7 nitrogen and oxygen atoms in total. The average molecular weight is 357 g/mol. The highest BCUT2D eigenvalue weighted by Crippen LogP contribution is 2.39. The molecule has 0 atom stereocenters. The van der Waals surface area contributed by atoms with Crippen molar-refractivity contribution in [1.82, 2.24) is 4.57 Å². The van der Waals surface area contributed by atoms with Gasteiger partial charge in [-0.3, -0.25) is 10.1 Å². The highest BCUT2D eigenvalue weighted by Gasteiger charge is 2.22. The number of halogens is 1. The molecule has 0 amide bonds. The third-order valence-electron chi connectivity index (χ3n) is 3.11. The van der Waals surface area contributed by atoms with Gasteiger partial charge in [0, 0.05) is 22.5 Å². The summed E-state index contributed by atoms with van der Waals surface area (Å²) in [4.78, 5) is 10.4. The maximum atomic E-state index is 11.0. The molecule has 0 fully saturated rings. The van der Waals surface area contributed by atoms with E-state index in [4.69, 9.17) is 4.74 Å². The van der Waals surface area contributed by atoms with Crippen LogP contribution in [0.1, 0.15) is 11.1 Å². The van der Waals surface area contributed by atoms with Crippen LogP contribution >= 0.6 is 15.9 Å². The van der Waals surface area contributed by atoms with Crippen LogP contribution < -0.4 is 4.74 Å². The van der Waals surface area contributed by atoms with Crippen molar-refractivity contribution < 1.29 is 19.9 Å². The summed E-state index contributed by atoms with van der Waals surface area (Å²) in [7, 11) is 1.36. The van der Waals surface area contributed by atoms with Gasteiger partial charge in [-0.15, -0.1) is 0 Å². The van der Waals surface area contributed by atoms with E-state index in [0.717, 1.165) is 0 Å². The number of nitro benzene ring substituents is 1. The lowest BCUT2D eigenvalue weighted by molar-refractivity contribution is -0.385. The second kappa shape index (κ2) is 5.65. The first-order chi connectivity index (χ1) is 9.90. The molecule has 8 heteroatoms. The van der Waals surface area contributed by atoms with Crippen molar-refractivity contribution >= 4 is 21.6 Å². The summed E-state index contributed by atoms with van der Waals surface area (Å²) in [6.07, 6.45) is 0. The van der Waals surface area contributed by atoms with Gasteiger partial charge in [0.1, 0.15) is 5.75 Å². The molecule has 0 bridgehead atoms. The number of nitrogens with zero attached hydrogens (tertiary/aromatic N) is 2. The van der Waals surface area contributed by atoms with Crippen LogP contribution in [0.4, 0.5) is 5.69 Å². The van der Waals surface area contributed by atoms with Crippen molar-refractivity contribution in [3.05, 3.63) is 39.4 Å². The van der Waals surface area contributed by atoms with E-state index in [1.807, 2.05) is 0 Å². The second-order valence-corrected chi connectivity index (χ2v) is 4.95. The third-order valence-corrected chi connectivity index (χ3v) is 3.71. The molecule has 0 aliphatic carbocycles. The van der Waals surface area contributed by atoms with Gasteiger partial charge in [-0.2, -0.15) is 0 Å². The van der Waals surface area contributed by atoms with Gasteiger partial charge in [-0.25, -0.2) is 4.57 Å². The van der Waals surface area contributed by atoms with Crippen molar-refractivity contribution in [3.8, 4) is 23.2 Å². The molecule has 0 saturated heterocycles. The number of aryl methyl sites for hydroxylation is 1. The summed E-state index contributed by atoms with van der Waals surface area (Å²) in [5.74, 6) is -0.168. The zero-order valence-electron chi connectivity index (χ0n) is 11.3. The Labute approximate surface area is 128 Å². The Morgan fingerprint density at radius 3 is 2.52 bits per heavy atom. The number of ether oxygens (including phenoxy) is 1. The lowest BCUT2D eigenvalue weighted by Gasteiger charge is -2.13. The predicted molar refractivity (Wildman–Crippen MR) is 79.7 cm³/mol. The van der Waals surface area contributed by atoms with Crippen LogP contribution in [0.25, 0.3) is 5.69 Å². The highest BCUT2D eigenvalue weighted by molar-refractivity contribution is 9.08. The molecule has 0 radical (unpaired) electrons. The zero-order chi connectivity index (χ0) is 15.7. The quantitative estimate of drug-likeness (QED) is 0.498. The van der Waals surface area contributed by atoms with Crippen LogP contribution in [-0.4, -0.2) is 26.8 Å². The van der Waals surface area contributed by atoms with E-state index in [-0.39, 0.29) is 23.2 Å². The average Bonchev–Trinajstić information content (AvgIpc) is 2.72. The number of benzene rings is 1. The Hall–Kier alpha value is -2.22. The van der Waals surface area contributed by atoms with Crippen LogP contribution in [0.2, 0.25) is 0 Å². The normalized spacial score (nSPS) is 10.6. The van der Waals surface area contributed by atoms with Crippen molar-refractivity contribution in [2.45, 2.75) is 12.3 Å². The predicted octanol–water partition coefficient (Wildman–Crippen LogP) is 3.01. The smallest absolute Gasteiger partial charge is 0.276 e. The lowest BCUT2D eigenvalue weighted by Crippen LogP contribution is -2.01. The molecule has 0 spiro atoms. The molecular formula is C13H13BrN2O5. The Morgan fingerprint density at radius 2 is 2.05 bits per heavy atom. The first-order valence-electron chi connectivity index (χ1n) is 5.92. The van der Waals surface area contributed by atoms with Crippen LogP contribution in [0.15, 0.2) is 18.2 Å². The number of nitro groups is 1. The number of aromatic nitrogens is 1. The van der Waals surface area contributed by atoms with Gasteiger partial charge in [0.15, 0.2) is 5.88 Å². The fraction of sp³-hybridized carbons (Fsp3) is 0.231. The summed E-state index contributed by atoms with van der Waals surface area (Å²) in [5, 5.41) is 31.4. The number of methoxy groups -OCH3 is 1. The van der Waals surface area contributed by atoms with Crippen molar-refractivity contribution in [1.29, 1.82) is 0 Å². The van der Waals surface area contributed by atoms with E-state index in [0.29, 0.717) is 22.1 Å². The van der Waals surface area contributed by atoms with Gasteiger partial charge in [-0.1, -0.05) is 15.9 Å². The number of aromatic hydroxyl groups is 2. The molecule has 21 heavy (non-hydrogen) atoms. The highest BCUT2D eigenvalue weighted by atomic mass is 79.9. The van der Waals surface area contributed by atoms with Gasteiger partial charge in [-0.05, 0) is 13.0 Å².